The molecule has 2 aromatic carbocycles. The van der Waals surface area contributed by atoms with Crippen molar-refractivity contribution in [2.45, 2.75) is 26.1 Å². The predicted molar refractivity (Wildman–Crippen MR) is 75.4 cm³/mol. The van der Waals surface area contributed by atoms with E-state index in [2.05, 4.69) is 53.4 Å². The van der Waals surface area contributed by atoms with Gasteiger partial charge in [0.1, 0.15) is 0 Å². The van der Waals surface area contributed by atoms with E-state index in [0.717, 1.165) is 13.1 Å². The van der Waals surface area contributed by atoms with Gasteiger partial charge in [0, 0.05) is 24.8 Å². The normalized spacial score (nSPS) is 15.6. The molecule has 18 heavy (non-hydrogen) atoms. The van der Waals surface area contributed by atoms with E-state index in [0.29, 0.717) is 0 Å². The van der Waals surface area contributed by atoms with Gasteiger partial charge in [0.15, 0.2) is 0 Å². The molecule has 0 aliphatic carbocycles. The van der Waals surface area contributed by atoms with Crippen molar-refractivity contribution in [2.75, 3.05) is 4.90 Å². The van der Waals surface area contributed by atoms with E-state index >= 15 is 0 Å². The van der Waals surface area contributed by atoms with Crippen LogP contribution in [0.5, 0.6) is 0 Å². The number of hydrogen-bond acceptors (Lipinski definition) is 2. The molecule has 0 aromatic heterocycles. The highest BCUT2D eigenvalue weighted by Crippen LogP contribution is 2.28. The molecule has 92 valence electrons. The van der Waals surface area contributed by atoms with Crippen molar-refractivity contribution in [1.82, 2.24) is 0 Å². The Morgan fingerprint density at radius 1 is 0.944 bits per heavy atom. The standard InChI is InChI=1S/C16H18N2/c1-12(17)13-6-8-16(9-7-13)18-10-14-4-2-3-5-15(14)11-18/h2-9,12H,10-11,17H2,1H3. The first-order valence-corrected chi connectivity index (χ1v) is 6.41. The van der Waals surface area contributed by atoms with Gasteiger partial charge in [-0.3, -0.25) is 0 Å². The molecule has 1 atom stereocenters. The topological polar surface area (TPSA) is 29.3 Å². The van der Waals surface area contributed by atoms with Crippen LogP contribution in [-0.4, -0.2) is 0 Å². The van der Waals surface area contributed by atoms with Crippen molar-refractivity contribution in [2.24, 2.45) is 5.73 Å². The fourth-order valence-electron chi connectivity index (χ4n) is 2.50. The fraction of sp³-hybridized carbons (Fsp3) is 0.250. The maximum Gasteiger partial charge on any atom is 0.0436 e. The Kier molecular flexibility index (Phi) is 2.80. The second-order valence-electron chi connectivity index (χ2n) is 5.00. The zero-order valence-electron chi connectivity index (χ0n) is 10.6. The third-order valence-electron chi connectivity index (χ3n) is 3.62. The molecule has 1 aliphatic heterocycles. The number of nitrogens with zero attached hydrogens (tertiary/aromatic N) is 1. The number of anilines is 1. The molecule has 0 saturated heterocycles. The first-order valence-electron chi connectivity index (χ1n) is 6.41. The zero-order valence-corrected chi connectivity index (χ0v) is 10.6. The van der Waals surface area contributed by atoms with Crippen LogP contribution in [0.15, 0.2) is 48.5 Å². The summed E-state index contributed by atoms with van der Waals surface area (Å²) in [5.41, 5.74) is 11.2. The molecular formula is C16H18N2. The maximum absolute atomic E-state index is 5.87. The van der Waals surface area contributed by atoms with E-state index in [9.17, 15) is 0 Å². The number of rotatable bonds is 2. The monoisotopic (exact) mass is 238 g/mol. The van der Waals surface area contributed by atoms with Gasteiger partial charge in [-0.05, 0) is 35.7 Å². The molecule has 2 nitrogen and oxygen atoms in total. The molecule has 0 spiro atoms. The van der Waals surface area contributed by atoms with Crippen molar-refractivity contribution in [1.29, 1.82) is 0 Å². The molecule has 2 N–H and O–H groups in total. The molecule has 2 aromatic rings. The van der Waals surface area contributed by atoms with Crippen molar-refractivity contribution >= 4 is 5.69 Å². The summed E-state index contributed by atoms with van der Waals surface area (Å²) in [6, 6.07) is 17.4. The Morgan fingerprint density at radius 3 is 2.00 bits per heavy atom. The Morgan fingerprint density at radius 2 is 1.50 bits per heavy atom. The SMILES string of the molecule is CC(N)c1ccc(N2Cc3ccccc3C2)cc1. The van der Waals surface area contributed by atoms with Crippen molar-refractivity contribution in [3.8, 4) is 0 Å². The van der Waals surface area contributed by atoms with Crippen LogP contribution >= 0.6 is 0 Å². The number of fused-ring (bicyclic) bond motifs is 1. The summed E-state index contributed by atoms with van der Waals surface area (Å²) in [6.07, 6.45) is 0. The molecule has 1 aliphatic rings. The molecule has 1 unspecified atom stereocenters. The summed E-state index contributed by atoms with van der Waals surface area (Å²) in [5, 5.41) is 0. The van der Waals surface area contributed by atoms with Gasteiger partial charge < -0.3 is 10.6 Å². The first kappa shape index (κ1) is 11.3. The Hall–Kier alpha value is -1.80. The molecule has 3 rings (SSSR count). The maximum atomic E-state index is 5.87. The van der Waals surface area contributed by atoms with E-state index in [4.69, 9.17) is 5.73 Å². The molecule has 0 saturated carbocycles. The lowest BCUT2D eigenvalue weighted by atomic mass is 10.1. The quantitative estimate of drug-likeness (QED) is 0.870. The minimum atomic E-state index is 0.106. The smallest absolute Gasteiger partial charge is 0.0436 e. The average Bonchev–Trinajstić information content (AvgIpc) is 2.82. The van der Waals surface area contributed by atoms with Crippen LogP contribution in [0.4, 0.5) is 5.69 Å². The summed E-state index contributed by atoms with van der Waals surface area (Å²) >= 11 is 0. The molecule has 0 bridgehead atoms. The van der Waals surface area contributed by atoms with E-state index in [1.807, 2.05) is 6.92 Å². The van der Waals surface area contributed by atoms with Crippen LogP contribution in [0.1, 0.15) is 29.7 Å². The van der Waals surface area contributed by atoms with Gasteiger partial charge >= 0.3 is 0 Å². The lowest BCUT2D eigenvalue weighted by molar-refractivity contribution is 0.815. The second kappa shape index (κ2) is 4.46. The summed E-state index contributed by atoms with van der Waals surface area (Å²) < 4.78 is 0. The lowest BCUT2D eigenvalue weighted by Gasteiger charge is -2.18. The average molecular weight is 238 g/mol. The van der Waals surface area contributed by atoms with Crippen molar-refractivity contribution in [3.05, 3.63) is 65.2 Å². The van der Waals surface area contributed by atoms with Crippen LogP contribution in [-0.2, 0) is 13.1 Å². The highest BCUT2D eigenvalue weighted by atomic mass is 15.1. The minimum absolute atomic E-state index is 0.106. The van der Waals surface area contributed by atoms with Crippen molar-refractivity contribution in [3.63, 3.8) is 0 Å². The van der Waals surface area contributed by atoms with Crippen LogP contribution < -0.4 is 10.6 Å². The van der Waals surface area contributed by atoms with Gasteiger partial charge in [-0.15, -0.1) is 0 Å². The van der Waals surface area contributed by atoms with Gasteiger partial charge in [-0.1, -0.05) is 36.4 Å². The van der Waals surface area contributed by atoms with Crippen LogP contribution in [0.25, 0.3) is 0 Å². The number of hydrogen-bond donors (Lipinski definition) is 1. The summed E-state index contributed by atoms with van der Waals surface area (Å²) in [4.78, 5) is 2.40. The molecule has 0 radical (unpaired) electrons. The number of nitrogens with two attached hydrogens (primary N) is 1. The van der Waals surface area contributed by atoms with Gasteiger partial charge in [-0.25, -0.2) is 0 Å². The van der Waals surface area contributed by atoms with E-state index in [-0.39, 0.29) is 6.04 Å². The summed E-state index contributed by atoms with van der Waals surface area (Å²) in [6.45, 7) is 4.03. The van der Waals surface area contributed by atoms with E-state index in [1.165, 1.54) is 22.4 Å². The summed E-state index contributed by atoms with van der Waals surface area (Å²) in [5.74, 6) is 0. The highest BCUT2D eigenvalue weighted by molar-refractivity contribution is 5.52. The predicted octanol–water partition coefficient (Wildman–Crippen LogP) is 3.23. The molecule has 0 fully saturated rings. The fourth-order valence-corrected chi connectivity index (χ4v) is 2.50. The Bertz CT molecular complexity index is 518. The Balaban J connectivity index is 1.82. The molecular weight excluding hydrogens is 220 g/mol. The van der Waals surface area contributed by atoms with Gasteiger partial charge in [-0.2, -0.15) is 0 Å². The van der Waals surface area contributed by atoms with Crippen LogP contribution in [0, 0.1) is 0 Å². The summed E-state index contributed by atoms with van der Waals surface area (Å²) in [7, 11) is 0. The van der Waals surface area contributed by atoms with Crippen molar-refractivity contribution < 1.29 is 0 Å². The van der Waals surface area contributed by atoms with E-state index in [1.54, 1.807) is 0 Å². The Labute approximate surface area is 108 Å². The van der Waals surface area contributed by atoms with E-state index < -0.39 is 0 Å². The highest BCUT2D eigenvalue weighted by Gasteiger charge is 2.18. The minimum Gasteiger partial charge on any atom is -0.363 e. The third kappa shape index (κ3) is 2.00. The lowest BCUT2D eigenvalue weighted by Crippen LogP contribution is -2.14. The molecule has 1 heterocycles. The van der Waals surface area contributed by atoms with Crippen LogP contribution in [0.2, 0.25) is 0 Å². The number of benzene rings is 2. The second-order valence-corrected chi connectivity index (χ2v) is 5.00. The van der Waals surface area contributed by atoms with Crippen LogP contribution in [0.3, 0.4) is 0 Å². The first-order chi connectivity index (χ1) is 8.74. The van der Waals surface area contributed by atoms with Gasteiger partial charge in [0.25, 0.3) is 0 Å². The van der Waals surface area contributed by atoms with Gasteiger partial charge in [0.2, 0.25) is 0 Å². The molecule has 2 heteroatoms. The zero-order chi connectivity index (χ0) is 12.5. The largest absolute Gasteiger partial charge is 0.363 e. The molecule has 0 amide bonds. The van der Waals surface area contributed by atoms with Gasteiger partial charge in [0.05, 0.1) is 0 Å². The third-order valence-corrected chi connectivity index (χ3v) is 3.62.